The van der Waals surface area contributed by atoms with Crippen molar-refractivity contribution < 1.29 is 18.8 Å². The van der Waals surface area contributed by atoms with Crippen molar-refractivity contribution in [3.8, 4) is 11.1 Å². The van der Waals surface area contributed by atoms with E-state index in [1.54, 1.807) is 65.4 Å². The second kappa shape index (κ2) is 12.5. The fourth-order valence-electron chi connectivity index (χ4n) is 5.51. The molecule has 1 aliphatic rings. The summed E-state index contributed by atoms with van der Waals surface area (Å²) in [6.45, 7) is 1.72. The summed E-state index contributed by atoms with van der Waals surface area (Å²) in [6.07, 6.45) is 6.39. The molecule has 1 saturated heterocycles. The van der Waals surface area contributed by atoms with Crippen molar-refractivity contribution >= 4 is 63.8 Å². The molecular weight excluding hydrogens is 569 g/mol. The van der Waals surface area contributed by atoms with Crippen LogP contribution in [0.5, 0.6) is 0 Å². The standard InChI is InChI=1S/C33H29ClFN5O3/c1-20(41)26-18-39(29-12-11-21(16-25(26)29)22(17-37)13-14-36)19-31(42)40-15-5-10-30(40)33(43)38-28-9-4-7-24(32(28)35)23-6-2-3-8-27(23)34/h2-4,6-9,11-14,16-18,30,36-37H,5,10,15,19H2,1H3,(H,38,43). The zero-order valence-corrected chi connectivity index (χ0v) is 24.1. The predicted octanol–water partition coefficient (Wildman–Crippen LogP) is 6.62. The Morgan fingerprint density at radius 2 is 1.84 bits per heavy atom. The Morgan fingerprint density at radius 3 is 2.56 bits per heavy atom. The lowest BCUT2D eigenvalue weighted by Gasteiger charge is -2.24. The van der Waals surface area contributed by atoms with E-state index in [4.69, 9.17) is 22.4 Å². The number of carbonyl (C=O) groups excluding carboxylic acids is 3. The van der Waals surface area contributed by atoms with E-state index >= 15 is 4.39 Å². The first kappa shape index (κ1) is 29.6. The second-order valence-corrected chi connectivity index (χ2v) is 10.7. The maximum absolute atomic E-state index is 15.5. The van der Waals surface area contributed by atoms with E-state index in [2.05, 4.69) is 5.32 Å². The molecule has 1 fully saturated rings. The highest BCUT2D eigenvalue weighted by molar-refractivity contribution is 6.33. The number of ketones is 1. The number of hydrogen-bond donors (Lipinski definition) is 3. The number of allylic oxidation sites excluding steroid dienone is 2. The molecule has 3 aromatic carbocycles. The molecule has 10 heteroatoms. The third kappa shape index (κ3) is 5.89. The van der Waals surface area contributed by atoms with Crippen LogP contribution in [0.2, 0.25) is 5.02 Å². The Hall–Kier alpha value is -4.89. The molecule has 218 valence electrons. The number of likely N-dealkylation sites (tertiary alicyclic amines) is 1. The Labute approximate surface area is 252 Å². The van der Waals surface area contributed by atoms with E-state index in [9.17, 15) is 14.4 Å². The molecule has 1 aliphatic heterocycles. The van der Waals surface area contributed by atoms with E-state index in [1.807, 2.05) is 0 Å². The molecule has 8 nitrogen and oxygen atoms in total. The minimum Gasteiger partial charge on any atom is -0.337 e. The monoisotopic (exact) mass is 597 g/mol. The summed E-state index contributed by atoms with van der Waals surface area (Å²) in [7, 11) is 0. The number of nitrogens with one attached hydrogen (secondary N) is 3. The van der Waals surface area contributed by atoms with Crippen molar-refractivity contribution in [1.29, 1.82) is 10.8 Å². The maximum atomic E-state index is 15.5. The van der Waals surface area contributed by atoms with Crippen LogP contribution in [-0.4, -0.2) is 52.1 Å². The average Bonchev–Trinajstić information content (AvgIpc) is 3.63. The summed E-state index contributed by atoms with van der Waals surface area (Å²) in [5.41, 5.74) is 3.02. The number of amides is 2. The molecule has 0 aliphatic carbocycles. The first-order valence-electron chi connectivity index (χ1n) is 13.7. The third-order valence-corrected chi connectivity index (χ3v) is 7.94. The Kier molecular flexibility index (Phi) is 8.63. The molecule has 2 amide bonds. The zero-order chi connectivity index (χ0) is 30.7. The van der Waals surface area contributed by atoms with Gasteiger partial charge in [-0.1, -0.05) is 48.0 Å². The van der Waals surface area contributed by atoms with Crippen molar-refractivity contribution in [3.63, 3.8) is 0 Å². The molecule has 1 unspecified atom stereocenters. The van der Waals surface area contributed by atoms with E-state index in [0.29, 0.717) is 57.6 Å². The minimum absolute atomic E-state index is 0.00128. The van der Waals surface area contributed by atoms with Gasteiger partial charge in [-0.2, -0.15) is 0 Å². The quantitative estimate of drug-likeness (QED) is 0.149. The van der Waals surface area contributed by atoms with Gasteiger partial charge < -0.3 is 25.6 Å². The van der Waals surface area contributed by atoms with Crippen LogP contribution in [-0.2, 0) is 16.1 Å². The van der Waals surface area contributed by atoms with Crippen molar-refractivity contribution in [2.75, 3.05) is 11.9 Å². The predicted molar refractivity (Wildman–Crippen MR) is 168 cm³/mol. The molecule has 3 N–H and O–H groups in total. The number of anilines is 1. The maximum Gasteiger partial charge on any atom is 0.247 e. The van der Waals surface area contributed by atoms with Crippen molar-refractivity contribution in [2.24, 2.45) is 0 Å². The van der Waals surface area contributed by atoms with Gasteiger partial charge >= 0.3 is 0 Å². The molecule has 5 rings (SSSR count). The summed E-state index contributed by atoms with van der Waals surface area (Å²) in [5.74, 6) is -1.58. The summed E-state index contributed by atoms with van der Waals surface area (Å²) >= 11 is 6.27. The van der Waals surface area contributed by atoms with Crippen molar-refractivity contribution in [1.82, 2.24) is 9.47 Å². The third-order valence-electron chi connectivity index (χ3n) is 7.61. The molecule has 0 spiro atoms. The summed E-state index contributed by atoms with van der Waals surface area (Å²) in [4.78, 5) is 40.9. The molecular formula is C33H29ClFN5O3. The van der Waals surface area contributed by atoms with Crippen LogP contribution in [0.1, 0.15) is 35.7 Å². The van der Waals surface area contributed by atoms with Gasteiger partial charge in [-0.3, -0.25) is 14.4 Å². The summed E-state index contributed by atoms with van der Waals surface area (Å²) < 4.78 is 17.2. The number of fused-ring (bicyclic) bond motifs is 1. The molecule has 0 saturated carbocycles. The number of nitrogens with zero attached hydrogens (tertiary/aromatic N) is 2. The van der Waals surface area contributed by atoms with E-state index in [1.165, 1.54) is 24.0 Å². The Bertz CT molecular complexity index is 1810. The second-order valence-electron chi connectivity index (χ2n) is 10.3. The fraction of sp³-hybridized carbons (Fsp3) is 0.182. The molecule has 0 bridgehead atoms. The highest BCUT2D eigenvalue weighted by Crippen LogP contribution is 2.33. The lowest BCUT2D eigenvalue weighted by molar-refractivity contribution is -0.137. The van der Waals surface area contributed by atoms with Gasteiger partial charge in [0.25, 0.3) is 0 Å². The van der Waals surface area contributed by atoms with Crippen LogP contribution in [0.3, 0.4) is 0 Å². The van der Waals surface area contributed by atoms with Gasteiger partial charge in [-0.25, -0.2) is 4.39 Å². The van der Waals surface area contributed by atoms with Crippen molar-refractivity contribution in [2.45, 2.75) is 32.4 Å². The number of benzene rings is 3. The number of Topliss-reactive ketones (excluding diaryl/α,β-unsaturated/α-hetero) is 1. The van der Waals surface area contributed by atoms with Gasteiger partial charge in [0.15, 0.2) is 11.6 Å². The van der Waals surface area contributed by atoms with Gasteiger partial charge in [-0.15, -0.1) is 0 Å². The largest absolute Gasteiger partial charge is 0.337 e. The first-order valence-corrected chi connectivity index (χ1v) is 14.1. The highest BCUT2D eigenvalue weighted by atomic mass is 35.5. The van der Waals surface area contributed by atoms with E-state index in [0.717, 1.165) is 12.4 Å². The Morgan fingerprint density at radius 1 is 1.07 bits per heavy atom. The van der Waals surface area contributed by atoms with Crippen molar-refractivity contribution in [3.05, 3.63) is 94.9 Å². The van der Waals surface area contributed by atoms with Gasteiger partial charge in [0.05, 0.1) is 5.69 Å². The number of halogens is 2. The molecule has 0 radical (unpaired) electrons. The van der Waals surface area contributed by atoms with E-state index in [-0.39, 0.29) is 29.5 Å². The van der Waals surface area contributed by atoms with Gasteiger partial charge in [0, 0.05) is 63.4 Å². The minimum atomic E-state index is -0.780. The number of hydrogen-bond acceptors (Lipinski definition) is 5. The number of aromatic nitrogens is 1. The summed E-state index contributed by atoms with van der Waals surface area (Å²) in [5, 5.41) is 18.7. The topological polar surface area (TPSA) is 119 Å². The van der Waals surface area contributed by atoms with Gasteiger partial charge in [0.1, 0.15) is 12.6 Å². The average molecular weight is 598 g/mol. The SMILES string of the molecule is CC(=O)c1cn(CC(=O)N2CCCC2C(=O)Nc2cccc(-c3ccccc3Cl)c2F)c2ccc(C(C=N)=CC=N)cc12. The first-order chi connectivity index (χ1) is 20.7. The van der Waals surface area contributed by atoms with Crippen LogP contribution in [0.15, 0.2) is 72.9 Å². The van der Waals surface area contributed by atoms with E-state index < -0.39 is 17.8 Å². The molecule has 1 atom stereocenters. The molecule has 1 aromatic heterocycles. The highest BCUT2D eigenvalue weighted by Gasteiger charge is 2.35. The van der Waals surface area contributed by atoms with Crippen LogP contribution in [0.4, 0.5) is 10.1 Å². The number of carbonyl (C=O) groups is 3. The smallest absolute Gasteiger partial charge is 0.247 e. The molecule has 2 heterocycles. The number of rotatable bonds is 9. The lowest BCUT2D eigenvalue weighted by Crippen LogP contribution is -2.44. The normalized spacial score (nSPS) is 15.0. The van der Waals surface area contributed by atoms with Crippen LogP contribution >= 0.6 is 11.6 Å². The van der Waals surface area contributed by atoms with Crippen LogP contribution < -0.4 is 5.32 Å². The van der Waals surface area contributed by atoms with Crippen LogP contribution in [0, 0.1) is 16.6 Å². The lowest BCUT2D eigenvalue weighted by atomic mass is 10.0. The van der Waals surface area contributed by atoms with Crippen LogP contribution in [0.25, 0.3) is 27.6 Å². The van der Waals surface area contributed by atoms with Gasteiger partial charge in [-0.05, 0) is 55.7 Å². The molecule has 43 heavy (non-hydrogen) atoms. The van der Waals surface area contributed by atoms with Gasteiger partial charge in [0.2, 0.25) is 11.8 Å². The summed E-state index contributed by atoms with van der Waals surface area (Å²) in [6, 6.07) is 16.1. The Balaban J connectivity index is 1.38. The fourth-order valence-corrected chi connectivity index (χ4v) is 5.75. The zero-order valence-electron chi connectivity index (χ0n) is 23.4. The molecule has 4 aromatic rings.